The molecule has 0 fully saturated rings. The number of ether oxygens (including phenoxy) is 1. The molecule has 0 heterocycles. The molecule has 11 heteroatoms. The lowest BCUT2D eigenvalue weighted by molar-refractivity contribution is -0.0509. The Labute approximate surface area is 151 Å². The lowest BCUT2D eigenvalue weighted by Gasteiger charge is -2.22. The molecule has 0 spiro atoms. The second-order valence-corrected chi connectivity index (χ2v) is 7.36. The van der Waals surface area contributed by atoms with Crippen LogP contribution < -0.4 is 4.74 Å². The van der Waals surface area contributed by atoms with Gasteiger partial charge in [-0.1, -0.05) is 23.2 Å². The molecule has 1 aromatic rings. The SMILES string of the molecule is O=S(=O)(OC1=CCCc2c1cc(Cl)c(OCCCl)c2Cl)C(F)(F)F. The maximum Gasteiger partial charge on any atom is 0.534 e. The highest BCUT2D eigenvalue weighted by molar-refractivity contribution is 7.87. The summed E-state index contributed by atoms with van der Waals surface area (Å²) in [4.78, 5) is 0. The van der Waals surface area contributed by atoms with Crippen LogP contribution in [-0.4, -0.2) is 26.4 Å². The van der Waals surface area contributed by atoms with Gasteiger partial charge in [0.1, 0.15) is 12.4 Å². The van der Waals surface area contributed by atoms with Gasteiger partial charge in [-0.05, 0) is 30.5 Å². The average Bonchev–Trinajstić information content (AvgIpc) is 2.46. The zero-order valence-electron chi connectivity index (χ0n) is 11.8. The van der Waals surface area contributed by atoms with Crippen molar-refractivity contribution in [3.05, 3.63) is 33.3 Å². The van der Waals surface area contributed by atoms with Gasteiger partial charge in [-0.3, -0.25) is 0 Å². The quantitative estimate of drug-likeness (QED) is 0.388. The Balaban J connectivity index is 2.45. The van der Waals surface area contributed by atoms with E-state index in [1.165, 1.54) is 12.1 Å². The molecule has 4 nitrogen and oxygen atoms in total. The summed E-state index contributed by atoms with van der Waals surface area (Å²) in [6.45, 7) is 0.126. The van der Waals surface area contributed by atoms with E-state index >= 15 is 0 Å². The summed E-state index contributed by atoms with van der Waals surface area (Å²) in [5, 5.41) is 0.0888. The van der Waals surface area contributed by atoms with Crippen molar-refractivity contribution in [1.82, 2.24) is 0 Å². The standard InChI is InChI=1S/C13H10Cl3F3O4S/c14-4-5-22-12-9(15)6-8-7(11(12)16)2-1-3-10(8)23-24(20,21)13(17,18)19/h3,6H,1-2,4-5H2. The summed E-state index contributed by atoms with van der Waals surface area (Å²) in [5.41, 5.74) is -5.08. The molecule has 2 rings (SSSR count). The van der Waals surface area contributed by atoms with Crippen LogP contribution in [0.25, 0.3) is 5.76 Å². The largest absolute Gasteiger partial charge is 0.534 e. The molecule has 0 radical (unpaired) electrons. The van der Waals surface area contributed by atoms with E-state index < -0.39 is 21.4 Å². The minimum atomic E-state index is -5.79. The highest BCUT2D eigenvalue weighted by atomic mass is 35.5. The molecule has 0 aliphatic heterocycles. The monoisotopic (exact) mass is 424 g/mol. The second kappa shape index (κ2) is 7.19. The topological polar surface area (TPSA) is 52.6 Å². The van der Waals surface area contributed by atoms with E-state index in [1.807, 2.05) is 0 Å². The van der Waals surface area contributed by atoms with Gasteiger partial charge in [-0.25, -0.2) is 0 Å². The van der Waals surface area contributed by atoms with Crippen LogP contribution in [0.4, 0.5) is 13.2 Å². The molecule has 0 unspecified atom stereocenters. The van der Waals surface area contributed by atoms with Crippen LogP contribution in [0, 0.1) is 0 Å². The molecule has 1 aliphatic rings. The van der Waals surface area contributed by atoms with Crippen molar-refractivity contribution in [1.29, 1.82) is 0 Å². The van der Waals surface area contributed by atoms with E-state index in [-0.39, 0.29) is 40.3 Å². The molecular formula is C13H10Cl3F3O4S. The first-order valence-corrected chi connectivity index (χ1v) is 9.19. The van der Waals surface area contributed by atoms with E-state index in [0.717, 1.165) is 0 Å². The van der Waals surface area contributed by atoms with Crippen LogP contribution >= 0.6 is 34.8 Å². The molecule has 0 atom stereocenters. The molecule has 134 valence electrons. The Hall–Kier alpha value is -0.830. The van der Waals surface area contributed by atoms with Crippen molar-refractivity contribution in [3.63, 3.8) is 0 Å². The molecule has 0 saturated carbocycles. The number of benzene rings is 1. The summed E-state index contributed by atoms with van der Waals surface area (Å²) in [5.74, 6) is -0.152. The van der Waals surface area contributed by atoms with E-state index in [2.05, 4.69) is 4.18 Å². The molecule has 0 saturated heterocycles. The fourth-order valence-electron chi connectivity index (χ4n) is 2.08. The van der Waals surface area contributed by atoms with Crippen molar-refractivity contribution in [3.8, 4) is 5.75 Å². The summed E-state index contributed by atoms with van der Waals surface area (Å²) >= 11 is 17.7. The van der Waals surface area contributed by atoms with Gasteiger partial charge in [0.05, 0.1) is 15.9 Å². The fourth-order valence-corrected chi connectivity index (χ4v) is 3.30. The number of alkyl halides is 4. The summed E-state index contributed by atoms with van der Waals surface area (Å²) < 4.78 is 69.5. The molecule has 0 N–H and O–H groups in total. The van der Waals surface area contributed by atoms with Crippen LogP contribution in [0.5, 0.6) is 5.75 Å². The normalized spacial score (nSPS) is 14.8. The van der Waals surface area contributed by atoms with Gasteiger partial charge < -0.3 is 8.92 Å². The Kier molecular flexibility index (Phi) is 5.84. The molecule has 24 heavy (non-hydrogen) atoms. The number of allylic oxidation sites excluding steroid dienone is 1. The highest BCUT2D eigenvalue weighted by Gasteiger charge is 2.49. The van der Waals surface area contributed by atoms with Gasteiger partial charge in [0.15, 0.2) is 5.75 Å². The van der Waals surface area contributed by atoms with Crippen LogP contribution in [-0.2, 0) is 20.7 Å². The number of rotatable bonds is 5. The van der Waals surface area contributed by atoms with E-state index in [0.29, 0.717) is 12.0 Å². The van der Waals surface area contributed by atoms with Gasteiger partial charge in [0.25, 0.3) is 0 Å². The molecule has 1 aromatic carbocycles. The van der Waals surface area contributed by atoms with Crippen molar-refractivity contribution in [2.24, 2.45) is 0 Å². The Morgan fingerprint density at radius 2 is 1.92 bits per heavy atom. The van der Waals surface area contributed by atoms with Crippen LogP contribution in [0.15, 0.2) is 12.1 Å². The first-order chi connectivity index (χ1) is 11.1. The third-order valence-corrected chi connectivity index (χ3v) is 4.87. The van der Waals surface area contributed by atoms with E-state index in [1.54, 1.807) is 0 Å². The van der Waals surface area contributed by atoms with Gasteiger partial charge in [0, 0.05) is 5.56 Å². The molecular weight excluding hydrogens is 416 g/mol. The summed E-state index contributed by atoms with van der Waals surface area (Å²) in [6, 6.07) is 1.25. The summed E-state index contributed by atoms with van der Waals surface area (Å²) in [6.07, 6.45) is 1.84. The Morgan fingerprint density at radius 3 is 2.50 bits per heavy atom. The Bertz CT molecular complexity index is 776. The van der Waals surface area contributed by atoms with Crippen LogP contribution in [0.3, 0.4) is 0 Å². The predicted octanol–water partition coefficient (Wildman–Crippen LogP) is 4.76. The average molecular weight is 426 g/mol. The maximum absolute atomic E-state index is 12.5. The van der Waals surface area contributed by atoms with Crippen LogP contribution in [0.2, 0.25) is 10.0 Å². The summed E-state index contributed by atoms with van der Waals surface area (Å²) in [7, 11) is -5.79. The first kappa shape index (κ1) is 19.5. The second-order valence-electron chi connectivity index (χ2n) is 4.66. The van der Waals surface area contributed by atoms with E-state index in [4.69, 9.17) is 39.5 Å². The van der Waals surface area contributed by atoms with Gasteiger partial charge in [0.2, 0.25) is 0 Å². The number of hydrogen-bond acceptors (Lipinski definition) is 4. The van der Waals surface area contributed by atoms with Gasteiger partial charge in [-0.2, -0.15) is 21.6 Å². The molecule has 0 bridgehead atoms. The van der Waals surface area contributed by atoms with Gasteiger partial charge >= 0.3 is 15.6 Å². The molecule has 0 amide bonds. The maximum atomic E-state index is 12.5. The smallest absolute Gasteiger partial charge is 0.489 e. The van der Waals surface area contributed by atoms with E-state index in [9.17, 15) is 21.6 Å². The van der Waals surface area contributed by atoms with Gasteiger partial charge in [-0.15, -0.1) is 11.6 Å². The molecule has 0 aromatic heterocycles. The zero-order chi connectivity index (χ0) is 18.1. The van der Waals surface area contributed by atoms with Crippen molar-refractivity contribution in [2.75, 3.05) is 12.5 Å². The lowest BCUT2D eigenvalue weighted by atomic mass is 9.95. The Morgan fingerprint density at radius 1 is 1.25 bits per heavy atom. The number of halogens is 6. The van der Waals surface area contributed by atoms with Crippen molar-refractivity contribution < 1.29 is 30.5 Å². The van der Waals surface area contributed by atoms with Crippen molar-refractivity contribution >= 4 is 50.7 Å². The number of fused-ring (bicyclic) bond motifs is 1. The number of hydrogen-bond donors (Lipinski definition) is 0. The highest BCUT2D eigenvalue weighted by Crippen LogP contribution is 2.43. The predicted molar refractivity (Wildman–Crippen MR) is 85.0 cm³/mol. The lowest BCUT2D eigenvalue weighted by Crippen LogP contribution is -2.25. The van der Waals surface area contributed by atoms with Crippen LogP contribution in [0.1, 0.15) is 17.5 Å². The molecule has 1 aliphatic carbocycles. The third-order valence-electron chi connectivity index (χ3n) is 3.07. The van der Waals surface area contributed by atoms with Crippen molar-refractivity contribution in [2.45, 2.75) is 18.3 Å². The fraction of sp³-hybridized carbons (Fsp3) is 0.385. The minimum absolute atomic E-state index is 0.00433. The minimum Gasteiger partial charge on any atom is -0.489 e. The third kappa shape index (κ3) is 3.87. The zero-order valence-corrected chi connectivity index (χ0v) is 14.9. The first-order valence-electron chi connectivity index (χ1n) is 6.49.